The van der Waals surface area contributed by atoms with Crippen LogP contribution in [-0.4, -0.2) is 60.1 Å². The van der Waals surface area contributed by atoms with Gasteiger partial charge in [-0.25, -0.2) is 9.50 Å². The third-order valence-electron chi connectivity index (χ3n) is 7.47. The molecule has 1 aliphatic heterocycles. The van der Waals surface area contributed by atoms with Gasteiger partial charge in [-0.05, 0) is 36.7 Å². The van der Waals surface area contributed by atoms with Gasteiger partial charge in [0.25, 0.3) is 11.7 Å². The zero-order valence-electron chi connectivity index (χ0n) is 21.0. The molecule has 4 aromatic rings. The number of nitrogens with one attached hydrogen (secondary N) is 1. The first-order valence-corrected chi connectivity index (χ1v) is 12.5. The maximum absolute atomic E-state index is 12.7. The molecule has 5 heterocycles. The van der Waals surface area contributed by atoms with Gasteiger partial charge in [-0.2, -0.15) is 15.2 Å². The molecule has 2 aliphatic rings. The SMILES string of the molecule is Cn1cc(-c2cn3nccc3c(N3C[C@H]4CC[C@@H](C3)[C@@H]4CNC(=O)c3noc(C(C)(C)C)n3)n2)cn1. The second-order valence-corrected chi connectivity index (χ2v) is 11.1. The highest BCUT2D eigenvalue weighted by Gasteiger charge is 2.43. The van der Waals surface area contributed by atoms with Gasteiger partial charge < -0.3 is 14.7 Å². The third-order valence-corrected chi connectivity index (χ3v) is 7.47. The van der Waals surface area contributed by atoms with Gasteiger partial charge in [-0.3, -0.25) is 9.48 Å². The molecule has 1 amide bonds. The van der Waals surface area contributed by atoms with Crippen molar-refractivity contribution in [1.29, 1.82) is 0 Å². The van der Waals surface area contributed by atoms with Crippen LogP contribution in [0.25, 0.3) is 16.8 Å². The Balaban J connectivity index is 1.18. The summed E-state index contributed by atoms with van der Waals surface area (Å²) < 4.78 is 8.96. The Morgan fingerprint density at radius 2 is 1.92 bits per heavy atom. The van der Waals surface area contributed by atoms with E-state index in [1.54, 1.807) is 4.68 Å². The zero-order chi connectivity index (χ0) is 25.0. The Labute approximate surface area is 208 Å². The number of anilines is 1. The zero-order valence-corrected chi connectivity index (χ0v) is 21.0. The van der Waals surface area contributed by atoms with E-state index < -0.39 is 0 Å². The van der Waals surface area contributed by atoms with Crippen LogP contribution >= 0.6 is 0 Å². The Bertz CT molecular complexity index is 1400. The lowest BCUT2D eigenvalue weighted by Gasteiger charge is -2.39. The molecule has 1 aliphatic carbocycles. The second-order valence-electron chi connectivity index (χ2n) is 11.1. The lowest BCUT2D eigenvalue weighted by Crippen LogP contribution is -2.46. The van der Waals surface area contributed by atoms with Crippen LogP contribution in [0.2, 0.25) is 0 Å². The first kappa shape index (κ1) is 22.7. The molecule has 0 radical (unpaired) electrons. The van der Waals surface area contributed by atoms with Crippen LogP contribution < -0.4 is 10.2 Å². The van der Waals surface area contributed by atoms with Crippen molar-refractivity contribution in [3.8, 4) is 11.3 Å². The van der Waals surface area contributed by atoms with Crippen LogP contribution in [0.15, 0.2) is 35.4 Å². The topological polar surface area (TPSA) is 119 Å². The Morgan fingerprint density at radius 3 is 2.58 bits per heavy atom. The van der Waals surface area contributed by atoms with Gasteiger partial charge in [0, 0.05) is 43.9 Å². The van der Waals surface area contributed by atoms with Gasteiger partial charge in [0.05, 0.1) is 24.3 Å². The summed E-state index contributed by atoms with van der Waals surface area (Å²) in [5.74, 6) is 2.62. The molecule has 11 nitrogen and oxygen atoms in total. The van der Waals surface area contributed by atoms with E-state index >= 15 is 0 Å². The summed E-state index contributed by atoms with van der Waals surface area (Å²) in [7, 11) is 1.90. The molecule has 0 unspecified atom stereocenters. The van der Waals surface area contributed by atoms with Crippen LogP contribution in [0.1, 0.15) is 50.1 Å². The first-order chi connectivity index (χ1) is 17.3. The number of hydrogen-bond acceptors (Lipinski definition) is 8. The van der Waals surface area contributed by atoms with Crippen molar-refractivity contribution in [2.75, 3.05) is 24.5 Å². The highest BCUT2D eigenvalue weighted by Crippen LogP contribution is 2.43. The summed E-state index contributed by atoms with van der Waals surface area (Å²) in [6.07, 6.45) is 9.86. The second kappa shape index (κ2) is 8.42. The summed E-state index contributed by atoms with van der Waals surface area (Å²) in [5, 5.41) is 15.7. The largest absolute Gasteiger partial charge is 0.354 e. The number of aryl methyl sites for hydroxylation is 1. The monoisotopic (exact) mass is 489 g/mol. The summed E-state index contributed by atoms with van der Waals surface area (Å²) in [6, 6.07) is 2.01. The van der Waals surface area contributed by atoms with Crippen molar-refractivity contribution in [1.82, 2.24) is 39.8 Å². The van der Waals surface area contributed by atoms with E-state index in [1.165, 1.54) is 0 Å². The Hall–Kier alpha value is -3.76. The summed E-state index contributed by atoms with van der Waals surface area (Å²) in [6.45, 7) is 8.36. The molecule has 4 aromatic heterocycles. The van der Waals surface area contributed by atoms with E-state index in [0.717, 1.165) is 48.5 Å². The number of aromatic nitrogens is 7. The standard InChI is InChI=1S/C25H31N9O2/c1-25(2,3)24-30-21(31-36-24)23(35)26-10-18-15-5-6-16(18)13-33(12-15)22-20-7-8-27-34(20)14-19(29-22)17-9-28-32(4)11-17/h7-9,11,14-16,18H,5-6,10,12-13H2,1-4H3,(H,26,35)/t15-,16+,18-. The molecule has 11 heteroatoms. The molecular weight excluding hydrogens is 458 g/mol. The average molecular weight is 490 g/mol. The molecule has 1 N–H and O–H groups in total. The van der Waals surface area contributed by atoms with Crippen molar-refractivity contribution in [2.24, 2.45) is 24.8 Å². The Kier molecular flexibility index (Phi) is 5.31. The highest BCUT2D eigenvalue weighted by molar-refractivity contribution is 5.90. The first-order valence-electron chi connectivity index (χ1n) is 12.5. The fourth-order valence-electron chi connectivity index (χ4n) is 5.59. The molecule has 0 spiro atoms. The smallest absolute Gasteiger partial charge is 0.292 e. The minimum atomic E-state index is -0.291. The average Bonchev–Trinajstić information content (AvgIpc) is 3.63. The van der Waals surface area contributed by atoms with Crippen LogP contribution in [0.4, 0.5) is 5.82 Å². The fraction of sp³-hybridized carbons (Fsp3) is 0.520. The molecular formula is C25H31N9O2. The molecule has 188 valence electrons. The van der Waals surface area contributed by atoms with Crippen LogP contribution in [0.3, 0.4) is 0 Å². The van der Waals surface area contributed by atoms with E-state index in [-0.39, 0.29) is 17.1 Å². The molecule has 3 atom stereocenters. The predicted octanol–water partition coefficient (Wildman–Crippen LogP) is 2.70. The normalized spacial score (nSPS) is 21.9. The number of rotatable bonds is 5. The fourth-order valence-corrected chi connectivity index (χ4v) is 5.59. The third kappa shape index (κ3) is 4.02. The lowest BCUT2D eigenvalue weighted by molar-refractivity contribution is 0.0923. The van der Waals surface area contributed by atoms with Gasteiger partial charge in [-0.15, -0.1) is 0 Å². The molecule has 36 heavy (non-hydrogen) atoms. The molecule has 6 rings (SSSR count). The lowest BCUT2D eigenvalue weighted by atomic mass is 9.85. The van der Waals surface area contributed by atoms with E-state index in [2.05, 4.69) is 30.6 Å². The van der Waals surface area contributed by atoms with Gasteiger partial charge >= 0.3 is 0 Å². The van der Waals surface area contributed by atoms with Gasteiger partial charge in [0.2, 0.25) is 5.89 Å². The van der Waals surface area contributed by atoms with Crippen molar-refractivity contribution < 1.29 is 9.32 Å². The van der Waals surface area contributed by atoms with Crippen LogP contribution in [0, 0.1) is 17.8 Å². The summed E-state index contributed by atoms with van der Waals surface area (Å²) in [4.78, 5) is 24.4. The maximum atomic E-state index is 12.7. The van der Waals surface area contributed by atoms with E-state index in [0.29, 0.717) is 30.2 Å². The van der Waals surface area contributed by atoms with Crippen molar-refractivity contribution >= 4 is 17.2 Å². The minimum Gasteiger partial charge on any atom is -0.354 e. The minimum absolute atomic E-state index is 0.101. The number of piperidine rings is 1. The van der Waals surface area contributed by atoms with Crippen molar-refractivity contribution in [2.45, 2.75) is 39.0 Å². The molecule has 1 saturated heterocycles. The number of fused-ring (bicyclic) bond motifs is 3. The van der Waals surface area contributed by atoms with Crippen molar-refractivity contribution in [3.05, 3.63) is 42.6 Å². The van der Waals surface area contributed by atoms with Crippen LogP contribution in [0.5, 0.6) is 0 Å². The molecule has 0 aromatic carbocycles. The van der Waals surface area contributed by atoms with Gasteiger partial charge in [0.1, 0.15) is 5.52 Å². The van der Waals surface area contributed by atoms with E-state index in [1.807, 2.05) is 63.2 Å². The maximum Gasteiger partial charge on any atom is 0.292 e. The quantitative estimate of drug-likeness (QED) is 0.454. The predicted molar refractivity (Wildman–Crippen MR) is 132 cm³/mol. The van der Waals surface area contributed by atoms with Gasteiger partial charge in [-0.1, -0.05) is 25.9 Å². The number of amides is 1. The van der Waals surface area contributed by atoms with E-state index in [9.17, 15) is 4.79 Å². The number of hydrogen-bond donors (Lipinski definition) is 1. The summed E-state index contributed by atoms with van der Waals surface area (Å²) >= 11 is 0. The molecule has 2 fully saturated rings. The van der Waals surface area contributed by atoms with Crippen molar-refractivity contribution in [3.63, 3.8) is 0 Å². The van der Waals surface area contributed by atoms with E-state index in [4.69, 9.17) is 9.51 Å². The van der Waals surface area contributed by atoms with Gasteiger partial charge in [0.15, 0.2) is 5.82 Å². The summed E-state index contributed by atoms with van der Waals surface area (Å²) in [5.41, 5.74) is 2.53. The molecule has 2 bridgehead atoms. The highest BCUT2D eigenvalue weighted by atomic mass is 16.5. The molecule has 1 saturated carbocycles. The number of carbonyl (C=O) groups is 1. The Morgan fingerprint density at radius 1 is 1.14 bits per heavy atom. The van der Waals surface area contributed by atoms with Crippen LogP contribution in [-0.2, 0) is 12.5 Å². The number of nitrogens with zero attached hydrogens (tertiary/aromatic N) is 8. The number of carbonyl (C=O) groups excluding carboxylic acids is 1.